The van der Waals surface area contributed by atoms with Gasteiger partial charge in [-0.1, -0.05) is 134 Å². The Labute approximate surface area is 377 Å². The summed E-state index contributed by atoms with van der Waals surface area (Å²) in [5.74, 6) is 0. The molecule has 0 saturated heterocycles. The van der Waals surface area contributed by atoms with Crippen LogP contribution in [0.15, 0.2) is 93.9 Å². The molecule has 15 heteroatoms. The molecule has 0 spiro atoms. The molecule has 288 valence electrons. The molecule has 6 rings (SSSR count). The van der Waals surface area contributed by atoms with Gasteiger partial charge >= 0.3 is 29.6 Å². The third-order valence-electron chi connectivity index (χ3n) is 8.91. The van der Waals surface area contributed by atoms with Crippen molar-refractivity contribution < 1.29 is 46.6 Å². The molecule has 8 nitrogen and oxygen atoms in total. The van der Waals surface area contributed by atoms with Crippen molar-refractivity contribution in [2.75, 3.05) is 17.4 Å². The minimum Gasteiger partial charge on any atom is -1.00 e. The zero-order valence-electron chi connectivity index (χ0n) is 32.2. The Bertz CT molecular complexity index is 1760. The first-order valence-corrected chi connectivity index (χ1v) is 20.7. The summed E-state index contributed by atoms with van der Waals surface area (Å²) >= 11 is 21.6. The molecule has 0 amide bonds. The molecule has 0 atom stereocenters. The zero-order chi connectivity index (χ0) is 39.5. The van der Waals surface area contributed by atoms with Crippen molar-refractivity contribution in [1.82, 2.24) is 0 Å². The Kier molecular flexibility index (Phi) is 22.6. The van der Waals surface area contributed by atoms with Crippen molar-refractivity contribution in [2.45, 2.75) is 88.2 Å². The van der Waals surface area contributed by atoms with Crippen LogP contribution >= 0.6 is 71.0 Å². The zero-order valence-corrected chi connectivity index (χ0v) is 38.4. The van der Waals surface area contributed by atoms with Crippen molar-refractivity contribution in [3.8, 4) is 0 Å². The van der Waals surface area contributed by atoms with E-state index in [0.717, 1.165) is 50.5 Å². The summed E-state index contributed by atoms with van der Waals surface area (Å²) in [6.45, 7) is 0.643. The number of nitrogens with one attached hydrogen (secondary N) is 1. The number of nitro benzene ring substituents is 2. The molecule has 2 fully saturated rings. The molecule has 2 saturated carbocycles. The fourth-order valence-corrected chi connectivity index (χ4v) is 7.62. The summed E-state index contributed by atoms with van der Waals surface area (Å²) in [7, 11) is -1.00. The van der Waals surface area contributed by atoms with Crippen LogP contribution < -0.4 is 39.8 Å². The molecule has 0 unspecified atom stereocenters. The number of hydrogen-bond acceptors (Lipinski definition) is 6. The Morgan fingerprint density at radius 2 is 1.24 bits per heavy atom. The molecule has 0 radical (unpaired) electrons. The van der Waals surface area contributed by atoms with Crippen molar-refractivity contribution in [2.24, 2.45) is 0 Å². The maximum absolute atomic E-state index is 11.6. The molecular formula is C39H45Br3Cl2FN4NaO4. The van der Waals surface area contributed by atoms with Crippen molar-refractivity contribution >= 4 is 93.7 Å². The van der Waals surface area contributed by atoms with E-state index in [-0.39, 0.29) is 52.2 Å². The smallest absolute Gasteiger partial charge is 1.00 e. The SMILES string of the molecule is Clc1ccc(CBr)cc1.O=[N+]([O-])c1cc(Br)ccc1N(Cc1ccc(Cl)cc1)C1CCCCC1.O=[N+]([O-])c1cc(Br)ccc1NC1CCCCC1.[2H]CF.[H-].[Na+]. The van der Waals surface area contributed by atoms with Gasteiger partial charge in [0.15, 0.2) is 0 Å². The first-order valence-electron chi connectivity index (χ1n) is 18.0. The van der Waals surface area contributed by atoms with Gasteiger partial charge in [-0.05, 0) is 85.3 Å². The summed E-state index contributed by atoms with van der Waals surface area (Å²) in [6, 6.07) is 26.7. The monoisotopic (exact) mass is 983 g/mol. The van der Waals surface area contributed by atoms with Gasteiger partial charge in [-0.15, -0.1) is 0 Å². The van der Waals surface area contributed by atoms with Crippen molar-refractivity contribution in [3.63, 3.8) is 0 Å². The first kappa shape index (κ1) is 46.6. The van der Waals surface area contributed by atoms with Gasteiger partial charge in [0, 0.05) is 55.1 Å². The summed E-state index contributed by atoms with van der Waals surface area (Å²) in [5, 5.41) is 28.2. The second-order valence-corrected chi connectivity index (χ2v) is 15.9. The molecule has 0 heterocycles. The van der Waals surface area contributed by atoms with Gasteiger partial charge in [0.05, 0.1) is 18.4 Å². The largest absolute Gasteiger partial charge is 1.00 e. The molecule has 54 heavy (non-hydrogen) atoms. The van der Waals surface area contributed by atoms with Crippen molar-refractivity contribution in [1.29, 1.82) is 0 Å². The number of hydrogen-bond donors (Lipinski definition) is 1. The minimum absolute atomic E-state index is 0. The Balaban J connectivity index is 0.000000437. The van der Waals surface area contributed by atoms with E-state index in [2.05, 4.69) is 58.0 Å². The standard InChI is InChI=1S/C19H20BrClN2O2.C12H15BrN2O2.C7H6BrCl.CH3F.Na.H/c20-15-8-11-18(19(12-15)23(24)25)22(17-4-2-1-3-5-17)13-14-6-9-16(21)10-7-14;13-9-6-7-11(12(8-9)15(16)17)14-10-4-2-1-3-5-10;8-5-6-1-3-7(9)4-2-6;1-2;;/h6-12,17H,1-5,13H2;6-8,10,14H,1-5H2;1-4H,5H2;1H3;;/q;;;;+1;-1/i;;;1D;;. The molecule has 0 aliphatic heterocycles. The molecule has 0 bridgehead atoms. The quantitative estimate of drug-likeness (QED) is 0.0776. The second-order valence-electron chi connectivity index (χ2n) is 12.6. The van der Waals surface area contributed by atoms with Crippen LogP contribution in [0.1, 0.15) is 78.1 Å². The maximum Gasteiger partial charge on any atom is 1.00 e. The van der Waals surface area contributed by atoms with E-state index in [1.54, 1.807) is 18.2 Å². The van der Waals surface area contributed by atoms with E-state index in [1.807, 2.05) is 66.7 Å². The van der Waals surface area contributed by atoms with Gasteiger partial charge in [0.1, 0.15) is 11.4 Å². The predicted molar refractivity (Wildman–Crippen MR) is 229 cm³/mol. The van der Waals surface area contributed by atoms with E-state index < -0.39 is 7.15 Å². The molecule has 2 aliphatic carbocycles. The maximum atomic E-state index is 11.6. The topological polar surface area (TPSA) is 102 Å². The number of alkyl halides is 2. The predicted octanol–water partition coefficient (Wildman–Crippen LogP) is 11.4. The number of nitro groups is 2. The number of rotatable bonds is 9. The number of anilines is 2. The van der Waals surface area contributed by atoms with Crippen molar-refractivity contribution in [3.05, 3.63) is 135 Å². The van der Waals surface area contributed by atoms with Crippen LogP contribution in [0.4, 0.5) is 27.1 Å². The molecule has 4 aromatic rings. The van der Waals surface area contributed by atoms with Gasteiger partial charge in [0.25, 0.3) is 11.4 Å². The van der Waals surface area contributed by atoms with E-state index in [9.17, 15) is 24.6 Å². The molecule has 1 N–H and O–H groups in total. The van der Waals surface area contributed by atoms with E-state index in [4.69, 9.17) is 24.6 Å². The van der Waals surface area contributed by atoms with Crippen LogP contribution in [-0.4, -0.2) is 29.1 Å². The summed E-state index contributed by atoms with van der Waals surface area (Å²) in [4.78, 5) is 24.1. The van der Waals surface area contributed by atoms with Crippen LogP contribution in [0.3, 0.4) is 0 Å². The fraction of sp³-hybridized carbons (Fsp3) is 0.385. The first-order chi connectivity index (χ1) is 25.9. The third-order valence-corrected chi connectivity index (χ3v) is 11.1. The van der Waals surface area contributed by atoms with E-state index >= 15 is 0 Å². The van der Waals surface area contributed by atoms with Crippen LogP contribution in [0.2, 0.25) is 10.0 Å². The van der Waals surface area contributed by atoms with Gasteiger partial charge < -0.3 is 11.6 Å². The van der Waals surface area contributed by atoms with Gasteiger partial charge in [-0.3, -0.25) is 24.6 Å². The number of nitrogens with zero attached hydrogens (tertiary/aromatic N) is 3. The Morgan fingerprint density at radius 3 is 1.74 bits per heavy atom. The average Bonchev–Trinajstić information content (AvgIpc) is 3.17. The van der Waals surface area contributed by atoms with Crippen LogP contribution in [-0.2, 0) is 11.9 Å². The van der Waals surface area contributed by atoms with Crippen LogP contribution in [0, 0.1) is 20.2 Å². The van der Waals surface area contributed by atoms with E-state index in [0.29, 0.717) is 35.0 Å². The van der Waals surface area contributed by atoms with Gasteiger partial charge in [0.2, 0.25) is 0 Å². The second kappa shape index (κ2) is 26.2. The molecule has 0 aromatic heterocycles. The van der Waals surface area contributed by atoms with Crippen LogP contribution in [0.5, 0.6) is 0 Å². The minimum atomic E-state index is -1.00. The number of halogens is 6. The average molecular weight is 987 g/mol. The van der Waals surface area contributed by atoms with Gasteiger partial charge in [-0.25, -0.2) is 0 Å². The summed E-state index contributed by atoms with van der Waals surface area (Å²) in [5.41, 5.74) is 3.96. The summed E-state index contributed by atoms with van der Waals surface area (Å²) < 4.78 is 17.0. The Morgan fingerprint density at radius 1 is 0.778 bits per heavy atom. The molecule has 4 aromatic carbocycles. The summed E-state index contributed by atoms with van der Waals surface area (Å²) in [6.07, 6.45) is 11.6. The van der Waals surface area contributed by atoms with Crippen LogP contribution in [0.25, 0.3) is 0 Å². The third kappa shape index (κ3) is 16.4. The fourth-order valence-electron chi connectivity index (χ4n) is 6.29. The van der Waals surface area contributed by atoms with E-state index in [1.165, 1.54) is 44.1 Å². The Hall–Kier alpha value is -1.77. The molecule has 2 aliphatic rings. The van der Waals surface area contributed by atoms with Gasteiger partial charge in [-0.2, -0.15) is 0 Å². The number of benzene rings is 4. The normalized spacial score (nSPS) is 14.2. The molecular weight excluding hydrogens is 941 g/mol.